The van der Waals surface area contributed by atoms with E-state index in [0.717, 1.165) is 0 Å². The first-order valence-corrected chi connectivity index (χ1v) is 5.22. The van der Waals surface area contributed by atoms with Gasteiger partial charge in [0.15, 0.2) is 0 Å². The maximum atomic E-state index is 12.7. The van der Waals surface area contributed by atoms with E-state index in [4.69, 9.17) is 9.79 Å². The van der Waals surface area contributed by atoms with Crippen molar-refractivity contribution in [2.45, 2.75) is 18.8 Å². The molecular formula is C5H9FN3O3P. The number of rotatable bonds is 4. The summed E-state index contributed by atoms with van der Waals surface area (Å²) < 4.78 is 23.0. The maximum Gasteiger partial charge on any atom is 0.359 e. The maximum absolute atomic E-state index is 12.7. The summed E-state index contributed by atoms with van der Waals surface area (Å²) in [5.74, 6) is -1.79. The fraction of sp³-hybridized carbons (Fsp3) is 0.600. The van der Waals surface area contributed by atoms with Crippen molar-refractivity contribution in [1.29, 1.82) is 0 Å². The molecule has 0 aliphatic heterocycles. The highest BCUT2D eigenvalue weighted by atomic mass is 31.2. The number of H-pyrrole nitrogens is 1. The molecule has 0 saturated carbocycles. The summed E-state index contributed by atoms with van der Waals surface area (Å²) in [5, 5.41) is 6.03. The normalized spacial score (nSPS) is 14.4. The Balaban J connectivity index is 2.40. The van der Waals surface area contributed by atoms with Crippen molar-refractivity contribution in [3.8, 4) is 0 Å². The van der Waals surface area contributed by atoms with E-state index in [1.54, 1.807) is 0 Å². The standard InChI is InChI=1S/C5H9FN3O3P/c6-4(13(10,11)12)1-2-5-7-3-8-9-5/h3-4H,1-2H2,(H,7,8,9)(H2,10,11,12). The van der Waals surface area contributed by atoms with Crippen molar-refractivity contribution in [3.05, 3.63) is 12.2 Å². The Hall–Kier alpha value is -0.780. The van der Waals surface area contributed by atoms with Gasteiger partial charge < -0.3 is 9.79 Å². The van der Waals surface area contributed by atoms with Crippen LogP contribution in [0.3, 0.4) is 0 Å². The SMILES string of the molecule is O=P(O)(O)C(F)CCc1nc[nH]n1. The van der Waals surface area contributed by atoms with Crippen molar-refractivity contribution in [2.75, 3.05) is 0 Å². The van der Waals surface area contributed by atoms with Gasteiger partial charge in [0, 0.05) is 6.42 Å². The summed E-state index contributed by atoms with van der Waals surface area (Å²) in [5.41, 5.74) is 0. The van der Waals surface area contributed by atoms with Crippen molar-refractivity contribution in [2.24, 2.45) is 0 Å². The molecule has 0 radical (unpaired) electrons. The lowest BCUT2D eigenvalue weighted by Crippen LogP contribution is -2.03. The molecule has 74 valence electrons. The first kappa shape index (κ1) is 10.3. The van der Waals surface area contributed by atoms with Crippen LogP contribution < -0.4 is 0 Å². The molecule has 3 N–H and O–H groups in total. The van der Waals surface area contributed by atoms with Crippen LogP contribution in [0.2, 0.25) is 0 Å². The highest BCUT2D eigenvalue weighted by molar-refractivity contribution is 7.52. The number of alkyl halides is 1. The first-order chi connectivity index (χ1) is 6.00. The van der Waals surface area contributed by atoms with Gasteiger partial charge in [0.05, 0.1) is 0 Å². The molecule has 0 fully saturated rings. The van der Waals surface area contributed by atoms with Crippen LogP contribution >= 0.6 is 7.60 Å². The van der Waals surface area contributed by atoms with Gasteiger partial charge in [0.2, 0.25) is 5.91 Å². The minimum atomic E-state index is -4.61. The number of aryl methyl sites for hydroxylation is 1. The smallest absolute Gasteiger partial charge is 0.322 e. The molecule has 0 spiro atoms. The molecule has 1 unspecified atom stereocenters. The third-order valence-corrected chi connectivity index (χ3v) is 2.42. The summed E-state index contributed by atoms with van der Waals surface area (Å²) in [6.07, 6.45) is 1.15. The third kappa shape index (κ3) is 3.22. The number of nitrogens with one attached hydrogen (secondary N) is 1. The van der Waals surface area contributed by atoms with E-state index in [9.17, 15) is 8.96 Å². The summed E-state index contributed by atoms with van der Waals surface area (Å²) in [7, 11) is -4.61. The number of nitrogens with zero attached hydrogens (tertiary/aromatic N) is 2. The number of aromatic amines is 1. The number of aromatic nitrogens is 3. The minimum Gasteiger partial charge on any atom is -0.322 e. The van der Waals surface area contributed by atoms with Crippen LogP contribution in [0, 0.1) is 0 Å². The molecule has 1 heterocycles. The zero-order chi connectivity index (χ0) is 9.90. The largest absolute Gasteiger partial charge is 0.359 e. The van der Waals surface area contributed by atoms with Gasteiger partial charge in [-0.3, -0.25) is 9.66 Å². The highest BCUT2D eigenvalue weighted by Crippen LogP contribution is 2.43. The Morgan fingerprint density at radius 3 is 2.85 bits per heavy atom. The molecule has 8 heteroatoms. The van der Waals surface area contributed by atoms with Crippen LogP contribution in [0.15, 0.2) is 6.33 Å². The van der Waals surface area contributed by atoms with Crippen LogP contribution in [0.5, 0.6) is 0 Å². The van der Waals surface area contributed by atoms with E-state index in [2.05, 4.69) is 15.2 Å². The van der Waals surface area contributed by atoms with E-state index >= 15 is 0 Å². The average molecular weight is 209 g/mol. The molecule has 6 nitrogen and oxygen atoms in total. The summed E-state index contributed by atoms with van der Waals surface area (Å²) in [4.78, 5) is 20.5. The molecule has 0 aliphatic carbocycles. The van der Waals surface area contributed by atoms with Crippen LogP contribution in [0.1, 0.15) is 12.2 Å². The molecule has 0 amide bonds. The molecule has 1 aromatic heterocycles. The zero-order valence-corrected chi connectivity index (χ0v) is 7.49. The van der Waals surface area contributed by atoms with E-state index in [-0.39, 0.29) is 12.8 Å². The van der Waals surface area contributed by atoms with Gasteiger partial charge in [-0.1, -0.05) is 0 Å². The second-order valence-electron chi connectivity index (χ2n) is 2.48. The van der Waals surface area contributed by atoms with E-state index in [1.807, 2.05) is 0 Å². The topological polar surface area (TPSA) is 99.1 Å². The molecule has 13 heavy (non-hydrogen) atoms. The van der Waals surface area contributed by atoms with E-state index in [1.165, 1.54) is 6.33 Å². The van der Waals surface area contributed by atoms with Crippen LogP contribution in [0.4, 0.5) is 4.39 Å². The van der Waals surface area contributed by atoms with Gasteiger partial charge in [0.1, 0.15) is 12.2 Å². The second kappa shape index (κ2) is 3.95. The highest BCUT2D eigenvalue weighted by Gasteiger charge is 2.28. The van der Waals surface area contributed by atoms with Crippen molar-refractivity contribution in [1.82, 2.24) is 15.2 Å². The Kier molecular flexibility index (Phi) is 3.13. The van der Waals surface area contributed by atoms with Gasteiger partial charge in [-0.25, -0.2) is 9.37 Å². The molecule has 0 aliphatic rings. The van der Waals surface area contributed by atoms with E-state index < -0.39 is 13.5 Å². The quantitative estimate of drug-likeness (QED) is 0.615. The Labute approximate surface area is 73.4 Å². The molecule has 0 bridgehead atoms. The van der Waals surface area contributed by atoms with Crippen LogP contribution in [0.25, 0.3) is 0 Å². The molecule has 1 aromatic rings. The molecular weight excluding hydrogens is 200 g/mol. The summed E-state index contributed by atoms with van der Waals surface area (Å²) in [6, 6.07) is 0. The van der Waals surface area contributed by atoms with Crippen LogP contribution in [-0.4, -0.2) is 30.9 Å². The zero-order valence-electron chi connectivity index (χ0n) is 6.59. The average Bonchev–Trinajstić information content (AvgIpc) is 2.50. The lowest BCUT2D eigenvalue weighted by Gasteiger charge is -2.07. The summed E-state index contributed by atoms with van der Waals surface area (Å²) >= 11 is 0. The Morgan fingerprint density at radius 2 is 2.38 bits per heavy atom. The van der Waals surface area contributed by atoms with Gasteiger partial charge in [0.25, 0.3) is 0 Å². The molecule has 1 rings (SSSR count). The van der Waals surface area contributed by atoms with Crippen molar-refractivity contribution in [3.63, 3.8) is 0 Å². The minimum absolute atomic E-state index is 0.107. The monoisotopic (exact) mass is 209 g/mol. The lowest BCUT2D eigenvalue weighted by molar-refractivity contribution is 0.291. The fourth-order valence-electron chi connectivity index (χ4n) is 0.772. The second-order valence-corrected chi connectivity index (χ2v) is 4.22. The van der Waals surface area contributed by atoms with Gasteiger partial charge in [-0.15, -0.1) is 0 Å². The summed E-state index contributed by atoms with van der Waals surface area (Å²) in [6.45, 7) is 0. The third-order valence-electron chi connectivity index (χ3n) is 1.44. The van der Waals surface area contributed by atoms with Gasteiger partial charge in [-0.2, -0.15) is 5.10 Å². The van der Waals surface area contributed by atoms with Crippen molar-refractivity contribution < 1.29 is 18.7 Å². The number of hydrogen-bond acceptors (Lipinski definition) is 3. The lowest BCUT2D eigenvalue weighted by atomic mass is 10.3. The molecule has 1 atom stereocenters. The predicted octanol–water partition coefficient (Wildman–Crippen LogP) is 0.211. The number of hydrogen-bond donors (Lipinski definition) is 3. The Morgan fingerprint density at radius 1 is 1.69 bits per heavy atom. The first-order valence-electron chi connectivity index (χ1n) is 3.54. The van der Waals surface area contributed by atoms with Crippen LogP contribution in [-0.2, 0) is 11.0 Å². The van der Waals surface area contributed by atoms with Crippen molar-refractivity contribution >= 4 is 7.60 Å². The molecule has 0 aromatic carbocycles. The predicted molar refractivity (Wildman–Crippen MR) is 41.6 cm³/mol. The Bertz CT molecular complexity index is 298. The van der Waals surface area contributed by atoms with Gasteiger partial charge in [-0.05, 0) is 6.42 Å². The molecule has 0 saturated heterocycles. The van der Waals surface area contributed by atoms with E-state index in [0.29, 0.717) is 5.82 Å². The number of halogens is 1. The fourth-order valence-corrected chi connectivity index (χ4v) is 1.24. The van der Waals surface area contributed by atoms with Gasteiger partial charge >= 0.3 is 7.60 Å².